The topological polar surface area (TPSA) is 47.6 Å². The molecule has 0 saturated heterocycles. The van der Waals surface area contributed by atoms with Gasteiger partial charge in [-0.15, -0.1) is 13.2 Å². The van der Waals surface area contributed by atoms with E-state index in [1.54, 1.807) is 6.07 Å². The highest BCUT2D eigenvalue weighted by Gasteiger charge is 2.31. The average Bonchev–Trinajstić information content (AvgIpc) is 2.36. The van der Waals surface area contributed by atoms with Crippen molar-refractivity contribution in [1.82, 2.24) is 5.32 Å². The summed E-state index contributed by atoms with van der Waals surface area (Å²) in [6.07, 6.45) is -4.72. The van der Waals surface area contributed by atoms with Gasteiger partial charge in [0.1, 0.15) is 11.8 Å². The Bertz CT molecular complexity index is 475. The molecule has 0 aromatic heterocycles. The van der Waals surface area contributed by atoms with E-state index >= 15 is 0 Å². The zero-order valence-electron chi connectivity index (χ0n) is 12.0. The third-order valence-electron chi connectivity index (χ3n) is 2.78. The maximum atomic E-state index is 12.1. The van der Waals surface area contributed by atoms with Crippen molar-refractivity contribution in [2.75, 3.05) is 7.11 Å². The molecular formula is C14H18F3NO3. The van der Waals surface area contributed by atoms with Crippen LogP contribution in [0, 0.1) is 5.92 Å². The van der Waals surface area contributed by atoms with Gasteiger partial charge < -0.3 is 14.8 Å². The molecule has 1 aromatic carbocycles. The van der Waals surface area contributed by atoms with Gasteiger partial charge in [-0.25, -0.2) is 0 Å². The summed E-state index contributed by atoms with van der Waals surface area (Å²) in [6, 6.07) is 5.07. The summed E-state index contributed by atoms with van der Waals surface area (Å²) in [7, 11) is 1.29. The zero-order chi connectivity index (χ0) is 16.0. The lowest BCUT2D eigenvalue weighted by Crippen LogP contribution is -2.41. The van der Waals surface area contributed by atoms with Crippen molar-refractivity contribution < 1.29 is 27.4 Å². The molecule has 1 atom stereocenters. The van der Waals surface area contributed by atoms with Crippen LogP contribution in [0.4, 0.5) is 13.2 Å². The standard InChI is InChI=1S/C14H18F3NO3/c1-9(2)12(13(19)20-3)18-8-10-5-4-6-11(7-10)21-14(15,16)17/h4-7,9,12,18H,8H2,1-3H3/t12-/m0/s1. The summed E-state index contributed by atoms with van der Waals surface area (Å²) in [6.45, 7) is 3.92. The molecule has 118 valence electrons. The molecule has 0 amide bonds. The summed E-state index contributed by atoms with van der Waals surface area (Å²) >= 11 is 0. The third-order valence-corrected chi connectivity index (χ3v) is 2.78. The highest BCUT2D eigenvalue weighted by molar-refractivity contribution is 5.75. The number of ether oxygens (including phenoxy) is 2. The van der Waals surface area contributed by atoms with Gasteiger partial charge in [0.15, 0.2) is 0 Å². The van der Waals surface area contributed by atoms with E-state index in [4.69, 9.17) is 0 Å². The first-order valence-electron chi connectivity index (χ1n) is 6.39. The number of benzene rings is 1. The molecule has 0 unspecified atom stereocenters. The summed E-state index contributed by atoms with van der Waals surface area (Å²) < 4.78 is 45.0. The molecule has 0 aliphatic rings. The van der Waals surface area contributed by atoms with E-state index in [0.717, 1.165) is 0 Å². The molecular weight excluding hydrogens is 287 g/mol. The Morgan fingerprint density at radius 3 is 2.52 bits per heavy atom. The smallest absolute Gasteiger partial charge is 0.468 e. The van der Waals surface area contributed by atoms with Crippen molar-refractivity contribution in [3.63, 3.8) is 0 Å². The van der Waals surface area contributed by atoms with Crippen LogP contribution < -0.4 is 10.1 Å². The minimum Gasteiger partial charge on any atom is -0.468 e. The normalized spacial score (nSPS) is 13.1. The van der Waals surface area contributed by atoms with Crippen molar-refractivity contribution in [2.24, 2.45) is 5.92 Å². The number of esters is 1. The molecule has 4 nitrogen and oxygen atoms in total. The number of carbonyl (C=O) groups is 1. The fraction of sp³-hybridized carbons (Fsp3) is 0.500. The average molecular weight is 305 g/mol. The second kappa shape index (κ2) is 7.31. The number of hydrogen-bond donors (Lipinski definition) is 1. The predicted octanol–water partition coefficient (Wildman–Crippen LogP) is 2.87. The fourth-order valence-electron chi connectivity index (χ4n) is 1.80. The largest absolute Gasteiger partial charge is 0.573 e. The van der Waals surface area contributed by atoms with Crippen LogP contribution >= 0.6 is 0 Å². The Kier molecular flexibility index (Phi) is 6.02. The molecule has 0 spiro atoms. The van der Waals surface area contributed by atoms with Crippen LogP contribution in [0.15, 0.2) is 24.3 Å². The number of hydrogen-bond acceptors (Lipinski definition) is 4. The van der Waals surface area contributed by atoms with E-state index in [1.807, 2.05) is 13.8 Å². The molecule has 21 heavy (non-hydrogen) atoms. The number of methoxy groups -OCH3 is 1. The minimum atomic E-state index is -4.72. The quantitative estimate of drug-likeness (QED) is 0.821. The zero-order valence-corrected chi connectivity index (χ0v) is 12.0. The maximum Gasteiger partial charge on any atom is 0.573 e. The minimum absolute atomic E-state index is 0.00735. The fourth-order valence-corrected chi connectivity index (χ4v) is 1.80. The lowest BCUT2D eigenvalue weighted by Gasteiger charge is -2.20. The van der Waals surface area contributed by atoms with Gasteiger partial charge >= 0.3 is 12.3 Å². The summed E-state index contributed by atoms with van der Waals surface area (Å²) in [4.78, 5) is 11.6. The van der Waals surface area contributed by atoms with Gasteiger partial charge in [-0.2, -0.15) is 0 Å². The lowest BCUT2D eigenvalue weighted by atomic mass is 10.0. The van der Waals surface area contributed by atoms with Gasteiger partial charge in [-0.3, -0.25) is 4.79 Å². The molecule has 0 fully saturated rings. The molecule has 1 aromatic rings. The van der Waals surface area contributed by atoms with Gasteiger partial charge in [0.2, 0.25) is 0 Å². The van der Waals surface area contributed by atoms with Gasteiger partial charge in [0.25, 0.3) is 0 Å². The SMILES string of the molecule is COC(=O)[C@@H](NCc1cccc(OC(F)(F)F)c1)C(C)C. The first kappa shape index (κ1) is 17.3. The number of nitrogens with one attached hydrogen (secondary N) is 1. The highest BCUT2D eigenvalue weighted by Crippen LogP contribution is 2.23. The van der Waals surface area contributed by atoms with Gasteiger partial charge in [0.05, 0.1) is 7.11 Å². The van der Waals surface area contributed by atoms with Gasteiger partial charge in [-0.1, -0.05) is 26.0 Å². The van der Waals surface area contributed by atoms with Crippen LogP contribution in [0.2, 0.25) is 0 Å². The molecule has 0 aliphatic carbocycles. The van der Waals surface area contributed by atoms with Crippen molar-refractivity contribution >= 4 is 5.97 Å². The molecule has 0 bridgehead atoms. The summed E-state index contributed by atoms with van der Waals surface area (Å²) in [5.41, 5.74) is 0.575. The van der Waals surface area contributed by atoms with E-state index in [2.05, 4.69) is 14.8 Å². The van der Waals surface area contributed by atoms with E-state index in [0.29, 0.717) is 5.56 Å². The second-order valence-electron chi connectivity index (χ2n) is 4.82. The van der Waals surface area contributed by atoms with Crippen LogP contribution in [0.3, 0.4) is 0 Å². The van der Waals surface area contributed by atoms with Crippen molar-refractivity contribution in [1.29, 1.82) is 0 Å². The predicted molar refractivity (Wildman–Crippen MR) is 70.6 cm³/mol. The molecule has 0 saturated carbocycles. The third kappa shape index (κ3) is 6.03. The van der Waals surface area contributed by atoms with E-state index in [-0.39, 0.29) is 18.2 Å². The number of rotatable bonds is 6. The number of halogens is 3. The van der Waals surface area contributed by atoms with Gasteiger partial charge in [0, 0.05) is 6.54 Å². The lowest BCUT2D eigenvalue weighted by molar-refractivity contribution is -0.274. The summed E-state index contributed by atoms with van der Waals surface area (Å²) in [5.74, 6) is -0.708. The first-order chi connectivity index (χ1) is 9.73. The maximum absolute atomic E-state index is 12.1. The Morgan fingerprint density at radius 2 is 2.00 bits per heavy atom. The molecule has 1 N–H and O–H groups in total. The van der Waals surface area contributed by atoms with Crippen LogP contribution in [0.5, 0.6) is 5.75 Å². The van der Waals surface area contributed by atoms with E-state index < -0.39 is 18.4 Å². The van der Waals surface area contributed by atoms with E-state index in [9.17, 15) is 18.0 Å². The molecule has 0 aliphatic heterocycles. The number of alkyl halides is 3. The Labute approximate surface area is 121 Å². The van der Waals surface area contributed by atoms with Crippen LogP contribution in [-0.2, 0) is 16.1 Å². The first-order valence-corrected chi connectivity index (χ1v) is 6.39. The highest BCUT2D eigenvalue weighted by atomic mass is 19.4. The number of carbonyl (C=O) groups excluding carboxylic acids is 1. The molecule has 1 rings (SSSR count). The van der Waals surface area contributed by atoms with Crippen molar-refractivity contribution in [3.05, 3.63) is 29.8 Å². The molecule has 0 radical (unpaired) electrons. The second-order valence-corrected chi connectivity index (χ2v) is 4.82. The van der Waals surface area contributed by atoms with Crippen LogP contribution in [0.1, 0.15) is 19.4 Å². The monoisotopic (exact) mass is 305 g/mol. The van der Waals surface area contributed by atoms with Gasteiger partial charge in [-0.05, 0) is 23.6 Å². The summed E-state index contributed by atoms with van der Waals surface area (Å²) in [5, 5.41) is 2.96. The van der Waals surface area contributed by atoms with E-state index in [1.165, 1.54) is 25.3 Å². The Hall–Kier alpha value is -1.76. The van der Waals surface area contributed by atoms with Crippen molar-refractivity contribution in [2.45, 2.75) is 32.8 Å². The van der Waals surface area contributed by atoms with Crippen LogP contribution in [0.25, 0.3) is 0 Å². The van der Waals surface area contributed by atoms with Crippen LogP contribution in [-0.4, -0.2) is 25.5 Å². The molecule has 7 heteroatoms. The van der Waals surface area contributed by atoms with Crippen molar-refractivity contribution in [3.8, 4) is 5.75 Å². The Balaban J connectivity index is 2.70. The molecule has 0 heterocycles. The Morgan fingerprint density at radius 1 is 1.33 bits per heavy atom.